The first-order valence-corrected chi connectivity index (χ1v) is 6.73. The average Bonchev–Trinajstić information content (AvgIpc) is 2.49. The first-order chi connectivity index (χ1) is 9.70. The molecule has 1 heterocycles. The van der Waals surface area contributed by atoms with Crippen molar-refractivity contribution in [3.63, 3.8) is 0 Å². The Hall–Kier alpha value is -2.07. The van der Waals surface area contributed by atoms with Gasteiger partial charge in [-0.2, -0.15) is 0 Å². The molecule has 2 rings (SSSR count). The van der Waals surface area contributed by atoms with Gasteiger partial charge in [-0.25, -0.2) is 0 Å². The first kappa shape index (κ1) is 14.3. The Kier molecular flexibility index (Phi) is 4.96. The lowest BCUT2D eigenvalue weighted by Gasteiger charge is -2.09. The largest absolute Gasteiger partial charge is 0.386 e. The number of carbonyl (C=O) groups is 1. The third-order valence-corrected chi connectivity index (χ3v) is 3.20. The van der Waals surface area contributed by atoms with Gasteiger partial charge in [0.1, 0.15) is 0 Å². The summed E-state index contributed by atoms with van der Waals surface area (Å²) in [6.07, 6.45) is 4.01. The van der Waals surface area contributed by atoms with Gasteiger partial charge in [0.05, 0.1) is 17.4 Å². The van der Waals surface area contributed by atoms with Gasteiger partial charge >= 0.3 is 0 Å². The number of nitrogens with one attached hydrogen (secondary N) is 2. The molecule has 0 aliphatic rings. The van der Waals surface area contributed by atoms with E-state index in [0.29, 0.717) is 17.1 Å². The minimum absolute atomic E-state index is 0.106. The zero-order valence-electron chi connectivity index (χ0n) is 11.2. The number of carbonyl (C=O) groups excluding carboxylic acids is 1. The third kappa shape index (κ3) is 3.71. The van der Waals surface area contributed by atoms with E-state index in [1.807, 2.05) is 24.3 Å². The number of benzene rings is 1. The van der Waals surface area contributed by atoms with Crippen LogP contribution in [-0.2, 0) is 6.42 Å². The predicted molar refractivity (Wildman–Crippen MR) is 81.3 cm³/mol. The second-order valence-corrected chi connectivity index (χ2v) is 4.74. The highest BCUT2D eigenvalue weighted by Crippen LogP contribution is 2.12. The smallest absolute Gasteiger partial charge is 0.253 e. The zero-order valence-corrected chi connectivity index (χ0v) is 11.9. The van der Waals surface area contributed by atoms with E-state index in [9.17, 15) is 4.79 Å². The highest BCUT2D eigenvalue weighted by Gasteiger charge is 2.09. The molecule has 0 radical (unpaired) electrons. The van der Waals surface area contributed by atoms with Crippen LogP contribution in [0.3, 0.4) is 0 Å². The van der Waals surface area contributed by atoms with Crippen LogP contribution < -0.4 is 10.6 Å². The standard InChI is InChI=1S/C15H16ClN3O/c1-17-14-10-18-8-7-13(14)15(20)19-9-6-11-2-4-12(16)5-3-11/h2-5,7-8,10,17H,6,9H2,1H3,(H,19,20). The Morgan fingerprint density at radius 2 is 2.00 bits per heavy atom. The van der Waals surface area contributed by atoms with Crippen molar-refractivity contribution in [3.8, 4) is 0 Å². The molecule has 1 aromatic heterocycles. The molecule has 0 aliphatic heterocycles. The van der Waals surface area contributed by atoms with Gasteiger partial charge in [0.2, 0.25) is 0 Å². The second kappa shape index (κ2) is 6.91. The van der Waals surface area contributed by atoms with E-state index in [1.54, 1.807) is 25.5 Å². The number of anilines is 1. The molecule has 104 valence electrons. The number of rotatable bonds is 5. The fourth-order valence-electron chi connectivity index (χ4n) is 1.86. The molecule has 0 atom stereocenters. The summed E-state index contributed by atoms with van der Waals surface area (Å²) in [7, 11) is 1.77. The van der Waals surface area contributed by atoms with Gasteiger partial charge in [0, 0.05) is 24.8 Å². The molecular formula is C15H16ClN3O. The average molecular weight is 290 g/mol. The maximum absolute atomic E-state index is 12.1. The Balaban J connectivity index is 1.90. The molecule has 0 fully saturated rings. The monoisotopic (exact) mass is 289 g/mol. The summed E-state index contributed by atoms with van der Waals surface area (Å²) in [5.41, 5.74) is 2.45. The Morgan fingerprint density at radius 3 is 2.70 bits per heavy atom. The van der Waals surface area contributed by atoms with Crippen molar-refractivity contribution in [1.82, 2.24) is 10.3 Å². The highest BCUT2D eigenvalue weighted by atomic mass is 35.5. The third-order valence-electron chi connectivity index (χ3n) is 2.95. The molecule has 20 heavy (non-hydrogen) atoms. The maximum atomic E-state index is 12.1. The van der Waals surface area contributed by atoms with Gasteiger partial charge in [0.25, 0.3) is 5.91 Å². The van der Waals surface area contributed by atoms with E-state index >= 15 is 0 Å². The van der Waals surface area contributed by atoms with Crippen molar-refractivity contribution >= 4 is 23.2 Å². The first-order valence-electron chi connectivity index (χ1n) is 6.35. The summed E-state index contributed by atoms with van der Waals surface area (Å²) in [6, 6.07) is 9.31. The lowest BCUT2D eigenvalue weighted by Crippen LogP contribution is -2.26. The van der Waals surface area contributed by atoms with E-state index in [-0.39, 0.29) is 5.91 Å². The fraction of sp³-hybridized carbons (Fsp3) is 0.200. The number of amides is 1. The topological polar surface area (TPSA) is 54.0 Å². The molecule has 2 aromatic rings. The molecule has 4 nitrogen and oxygen atoms in total. The van der Waals surface area contributed by atoms with Gasteiger partial charge in [0.15, 0.2) is 0 Å². The van der Waals surface area contributed by atoms with Gasteiger partial charge in [-0.15, -0.1) is 0 Å². The lowest BCUT2D eigenvalue weighted by molar-refractivity contribution is 0.0955. The van der Waals surface area contributed by atoms with E-state index in [1.165, 1.54) is 0 Å². The number of pyridine rings is 1. The quantitative estimate of drug-likeness (QED) is 0.890. The summed E-state index contributed by atoms with van der Waals surface area (Å²) in [4.78, 5) is 16.0. The summed E-state index contributed by atoms with van der Waals surface area (Å²) in [6.45, 7) is 0.575. The van der Waals surface area contributed by atoms with Crippen LogP contribution in [0, 0.1) is 0 Å². The minimum Gasteiger partial charge on any atom is -0.386 e. The normalized spacial score (nSPS) is 10.1. The van der Waals surface area contributed by atoms with Gasteiger partial charge in [-0.05, 0) is 30.2 Å². The number of hydrogen-bond acceptors (Lipinski definition) is 3. The highest BCUT2D eigenvalue weighted by molar-refractivity contribution is 6.30. The number of aromatic nitrogens is 1. The molecule has 0 spiro atoms. The van der Waals surface area contributed by atoms with Crippen molar-refractivity contribution in [2.75, 3.05) is 18.9 Å². The van der Waals surface area contributed by atoms with Crippen LogP contribution in [0.4, 0.5) is 5.69 Å². The molecule has 0 aliphatic carbocycles. The van der Waals surface area contributed by atoms with Crippen LogP contribution in [0.1, 0.15) is 15.9 Å². The fourth-order valence-corrected chi connectivity index (χ4v) is 1.98. The minimum atomic E-state index is -0.106. The Labute approximate surface area is 123 Å². The van der Waals surface area contributed by atoms with Crippen molar-refractivity contribution in [2.45, 2.75) is 6.42 Å². The maximum Gasteiger partial charge on any atom is 0.253 e. The molecule has 0 unspecified atom stereocenters. The van der Waals surface area contributed by atoms with E-state index < -0.39 is 0 Å². The number of hydrogen-bond donors (Lipinski definition) is 2. The van der Waals surface area contributed by atoms with Crippen LogP contribution in [0.15, 0.2) is 42.7 Å². The molecule has 2 N–H and O–H groups in total. The summed E-state index contributed by atoms with van der Waals surface area (Å²) in [5, 5.41) is 6.57. The molecule has 1 amide bonds. The van der Waals surface area contributed by atoms with Crippen molar-refractivity contribution in [3.05, 3.63) is 58.9 Å². The number of halogens is 1. The Bertz CT molecular complexity index is 584. The van der Waals surface area contributed by atoms with Gasteiger partial charge < -0.3 is 10.6 Å². The molecule has 0 saturated heterocycles. The van der Waals surface area contributed by atoms with Crippen molar-refractivity contribution < 1.29 is 4.79 Å². The molecule has 0 bridgehead atoms. The van der Waals surface area contributed by atoms with Gasteiger partial charge in [-0.1, -0.05) is 23.7 Å². The zero-order chi connectivity index (χ0) is 14.4. The molecule has 1 aromatic carbocycles. The summed E-state index contributed by atoms with van der Waals surface area (Å²) >= 11 is 5.83. The van der Waals surface area contributed by atoms with E-state index in [2.05, 4.69) is 15.6 Å². The van der Waals surface area contributed by atoms with Crippen LogP contribution in [-0.4, -0.2) is 24.5 Å². The molecular weight excluding hydrogens is 274 g/mol. The second-order valence-electron chi connectivity index (χ2n) is 4.30. The molecule has 5 heteroatoms. The summed E-state index contributed by atoms with van der Waals surface area (Å²) in [5.74, 6) is -0.106. The number of nitrogens with zero attached hydrogens (tertiary/aromatic N) is 1. The van der Waals surface area contributed by atoms with Crippen molar-refractivity contribution in [2.24, 2.45) is 0 Å². The lowest BCUT2D eigenvalue weighted by atomic mass is 10.1. The van der Waals surface area contributed by atoms with Crippen LogP contribution >= 0.6 is 11.6 Å². The van der Waals surface area contributed by atoms with E-state index in [0.717, 1.165) is 17.7 Å². The Morgan fingerprint density at radius 1 is 1.25 bits per heavy atom. The van der Waals surface area contributed by atoms with Crippen LogP contribution in [0.25, 0.3) is 0 Å². The predicted octanol–water partition coefficient (Wildman–Crippen LogP) is 2.75. The van der Waals surface area contributed by atoms with E-state index in [4.69, 9.17) is 11.6 Å². The van der Waals surface area contributed by atoms with Crippen molar-refractivity contribution in [1.29, 1.82) is 0 Å². The van der Waals surface area contributed by atoms with Crippen LogP contribution in [0.5, 0.6) is 0 Å². The SMILES string of the molecule is CNc1cnccc1C(=O)NCCc1ccc(Cl)cc1. The van der Waals surface area contributed by atoms with Gasteiger partial charge in [-0.3, -0.25) is 9.78 Å². The van der Waals surface area contributed by atoms with Crippen LogP contribution in [0.2, 0.25) is 5.02 Å². The molecule has 0 saturated carbocycles. The summed E-state index contributed by atoms with van der Waals surface area (Å²) < 4.78 is 0.